The minimum absolute atomic E-state index is 0.131. The van der Waals surface area contributed by atoms with Crippen LogP contribution < -0.4 is 14.8 Å². The van der Waals surface area contributed by atoms with Crippen molar-refractivity contribution in [2.45, 2.75) is 11.7 Å². The summed E-state index contributed by atoms with van der Waals surface area (Å²) in [6.07, 6.45) is 3.30. The Labute approximate surface area is 183 Å². The van der Waals surface area contributed by atoms with Crippen molar-refractivity contribution in [2.24, 2.45) is 0 Å². The van der Waals surface area contributed by atoms with Crippen LogP contribution in [-0.2, 0) is 11.3 Å². The average molecular weight is 446 g/mol. The molecule has 156 valence electrons. The monoisotopic (exact) mass is 445 g/mol. The molecule has 1 amide bonds. The fourth-order valence-electron chi connectivity index (χ4n) is 2.67. The Morgan fingerprint density at radius 3 is 2.77 bits per heavy atom. The van der Waals surface area contributed by atoms with Crippen LogP contribution in [-0.4, -0.2) is 45.6 Å². The number of halogens is 1. The molecular formula is C20H20ClN5O3S. The van der Waals surface area contributed by atoms with Crippen molar-refractivity contribution < 1.29 is 14.3 Å². The molecule has 0 radical (unpaired) electrons. The van der Waals surface area contributed by atoms with Gasteiger partial charge in [0.1, 0.15) is 0 Å². The zero-order chi connectivity index (χ0) is 21.5. The van der Waals surface area contributed by atoms with E-state index in [1.54, 1.807) is 44.7 Å². The van der Waals surface area contributed by atoms with Crippen LogP contribution in [0, 0.1) is 0 Å². The summed E-state index contributed by atoms with van der Waals surface area (Å²) in [5, 5.41) is 12.1. The molecule has 3 aromatic rings. The SMILES string of the molecule is C=CCn1c(SCC(=O)Nc2cccnc2Cl)nnc1-c1ccc(OC)c(OC)c1. The number of carbonyl (C=O) groups excluding carboxylic acids is 1. The number of hydrogen-bond donors (Lipinski definition) is 1. The second-order valence-corrected chi connectivity index (χ2v) is 7.25. The molecule has 0 spiro atoms. The van der Waals surface area contributed by atoms with Crippen molar-refractivity contribution in [1.82, 2.24) is 19.7 Å². The Hall–Kier alpha value is -3.04. The summed E-state index contributed by atoms with van der Waals surface area (Å²) in [6, 6.07) is 8.89. The number of methoxy groups -OCH3 is 2. The van der Waals surface area contributed by atoms with Gasteiger partial charge in [0, 0.05) is 18.3 Å². The van der Waals surface area contributed by atoms with Gasteiger partial charge in [-0.2, -0.15) is 0 Å². The Morgan fingerprint density at radius 2 is 2.07 bits per heavy atom. The number of hydrogen-bond acceptors (Lipinski definition) is 7. The third-order valence-electron chi connectivity index (χ3n) is 4.04. The number of nitrogens with zero attached hydrogens (tertiary/aromatic N) is 4. The molecule has 10 heteroatoms. The number of anilines is 1. The second kappa shape index (κ2) is 10.1. The van der Waals surface area contributed by atoms with Crippen molar-refractivity contribution in [3.63, 3.8) is 0 Å². The Balaban J connectivity index is 1.78. The van der Waals surface area contributed by atoms with Gasteiger partial charge in [0.25, 0.3) is 0 Å². The number of aromatic nitrogens is 4. The van der Waals surface area contributed by atoms with Crippen molar-refractivity contribution in [3.05, 3.63) is 54.3 Å². The van der Waals surface area contributed by atoms with Gasteiger partial charge in [-0.1, -0.05) is 29.4 Å². The molecule has 1 N–H and O–H groups in total. The van der Waals surface area contributed by atoms with E-state index < -0.39 is 0 Å². The summed E-state index contributed by atoms with van der Waals surface area (Å²) in [5.41, 5.74) is 1.27. The molecular weight excluding hydrogens is 426 g/mol. The minimum atomic E-state index is -0.226. The number of amides is 1. The highest BCUT2D eigenvalue weighted by molar-refractivity contribution is 7.99. The summed E-state index contributed by atoms with van der Waals surface area (Å²) in [7, 11) is 3.15. The first-order valence-electron chi connectivity index (χ1n) is 8.87. The van der Waals surface area contributed by atoms with Crippen LogP contribution >= 0.6 is 23.4 Å². The molecule has 1 aromatic carbocycles. The highest BCUT2D eigenvalue weighted by Crippen LogP contribution is 2.33. The highest BCUT2D eigenvalue weighted by atomic mass is 35.5. The number of ether oxygens (including phenoxy) is 2. The first-order chi connectivity index (χ1) is 14.6. The maximum Gasteiger partial charge on any atom is 0.234 e. The van der Waals surface area contributed by atoms with Crippen molar-refractivity contribution in [3.8, 4) is 22.9 Å². The van der Waals surface area contributed by atoms with Crippen LogP contribution in [0.5, 0.6) is 11.5 Å². The number of allylic oxidation sites excluding steroid dienone is 1. The van der Waals surface area contributed by atoms with Crippen LogP contribution in [0.4, 0.5) is 5.69 Å². The molecule has 30 heavy (non-hydrogen) atoms. The zero-order valence-corrected chi connectivity index (χ0v) is 18.0. The van der Waals surface area contributed by atoms with Gasteiger partial charge in [0.2, 0.25) is 5.91 Å². The quantitative estimate of drug-likeness (QED) is 0.303. The number of thioether (sulfide) groups is 1. The standard InChI is InChI=1S/C20H20ClN5O3S/c1-4-10-26-19(13-7-8-15(28-2)16(11-13)29-3)24-25-20(26)30-12-17(27)23-14-6-5-9-22-18(14)21/h4-9,11H,1,10,12H2,2-3H3,(H,23,27). The largest absolute Gasteiger partial charge is 0.493 e. The summed E-state index contributed by atoms with van der Waals surface area (Å²) < 4.78 is 12.5. The predicted octanol–water partition coefficient (Wildman–Crippen LogP) is 3.93. The molecule has 2 heterocycles. The first-order valence-corrected chi connectivity index (χ1v) is 10.2. The van der Waals surface area contributed by atoms with E-state index in [1.807, 2.05) is 16.7 Å². The van der Waals surface area contributed by atoms with E-state index in [4.69, 9.17) is 21.1 Å². The fourth-order valence-corrected chi connectivity index (χ4v) is 3.59. The topological polar surface area (TPSA) is 91.2 Å². The normalized spacial score (nSPS) is 10.5. The van der Waals surface area contributed by atoms with E-state index in [0.29, 0.717) is 34.7 Å². The van der Waals surface area contributed by atoms with E-state index in [2.05, 4.69) is 27.1 Å². The molecule has 8 nitrogen and oxygen atoms in total. The Morgan fingerprint density at radius 1 is 1.27 bits per heavy atom. The third-order valence-corrected chi connectivity index (χ3v) is 5.30. The molecule has 0 saturated carbocycles. The smallest absolute Gasteiger partial charge is 0.234 e. The minimum Gasteiger partial charge on any atom is -0.493 e. The van der Waals surface area contributed by atoms with Gasteiger partial charge < -0.3 is 14.8 Å². The molecule has 0 saturated heterocycles. The molecule has 0 aliphatic carbocycles. The molecule has 0 bridgehead atoms. The zero-order valence-electron chi connectivity index (χ0n) is 16.5. The number of pyridine rings is 1. The number of nitrogens with one attached hydrogen (secondary N) is 1. The molecule has 0 atom stereocenters. The summed E-state index contributed by atoms with van der Waals surface area (Å²) in [5.74, 6) is 1.75. The van der Waals surface area contributed by atoms with Crippen molar-refractivity contribution in [1.29, 1.82) is 0 Å². The van der Waals surface area contributed by atoms with Crippen LogP contribution in [0.15, 0.2) is 54.3 Å². The van der Waals surface area contributed by atoms with Crippen molar-refractivity contribution >= 4 is 35.0 Å². The molecule has 0 aliphatic rings. The van der Waals surface area contributed by atoms with Gasteiger partial charge in [0.15, 0.2) is 27.6 Å². The maximum atomic E-state index is 12.3. The lowest BCUT2D eigenvalue weighted by Crippen LogP contribution is -2.15. The lowest BCUT2D eigenvalue weighted by atomic mass is 10.2. The lowest BCUT2D eigenvalue weighted by Gasteiger charge is -2.11. The number of benzene rings is 1. The van der Waals surface area contributed by atoms with Gasteiger partial charge in [-0.3, -0.25) is 9.36 Å². The Bertz CT molecular complexity index is 1060. The van der Waals surface area contributed by atoms with E-state index in [9.17, 15) is 4.79 Å². The first kappa shape index (κ1) is 21.7. The van der Waals surface area contributed by atoms with Gasteiger partial charge in [-0.15, -0.1) is 16.8 Å². The fraction of sp³-hybridized carbons (Fsp3) is 0.200. The molecule has 3 rings (SSSR count). The lowest BCUT2D eigenvalue weighted by molar-refractivity contribution is -0.113. The van der Waals surface area contributed by atoms with Gasteiger partial charge in [0.05, 0.1) is 25.7 Å². The van der Waals surface area contributed by atoms with Crippen LogP contribution in [0.3, 0.4) is 0 Å². The molecule has 0 unspecified atom stereocenters. The summed E-state index contributed by atoms with van der Waals surface area (Å²) in [4.78, 5) is 16.3. The summed E-state index contributed by atoms with van der Waals surface area (Å²) >= 11 is 7.24. The third kappa shape index (κ3) is 4.92. The van der Waals surface area contributed by atoms with E-state index >= 15 is 0 Å². The highest BCUT2D eigenvalue weighted by Gasteiger charge is 2.17. The van der Waals surface area contributed by atoms with Crippen LogP contribution in [0.25, 0.3) is 11.4 Å². The second-order valence-electron chi connectivity index (χ2n) is 5.95. The van der Waals surface area contributed by atoms with Gasteiger partial charge >= 0.3 is 0 Å². The summed E-state index contributed by atoms with van der Waals surface area (Å²) in [6.45, 7) is 4.28. The van der Waals surface area contributed by atoms with E-state index in [0.717, 1.165) is 5.56 Å². The van der Waals surface area contributed by atoms with Gasteiger partial charge in [-0.05, 0) is 30.3 Å². The number of rotatable bonds is 9. The average Bonchev–Trinajstić information content (AvgIpc) is 3.16. The Kier molecular flexibility index (Phi) is 7.31. The maximum absolute atomic E-state index is 12.3. The van der Waals surface area contributed by atoms with E-state index in [1.165, 1.54) is 11.8 Å². The van der Waals surface area contributed by atoms with Crippen LogP contribution in [0.2, 0.25) is 5.15 Å². The molecule has 0 aliphatic heterocycles. The number of carbonyl (C=O) groups is 1. The van der Waals surface area contributed by atoms with Crippen LogP contribution in [0.1, 0.15) is 0 Å². The van der Waals surface area contributed by atoms with Gasteiger partial charge in [-0.25, -0.2) is 4.98 Å². The molecule has 2 aromatic heterocycles. The van der Waals surface area contributed by atoms with E-state index in [-0.39, 0.29) is 16.8 Å². The molecule has 0 fully saturated rings. The van der Waals surface area contributed by atoms with Crippen molar-refractivity contribution in [2.75, 3.05) is 25.3 Å². The predicted molar refractivity (Wildman–Crippen MR) is 117 cm³/mol.